The van der Waals surface area contributed by atoms with Crippen molar-refractivity contribution in [2.75, 3.05) is 0 Å². The van der Waals surface area contributed by atoms with Gasteiger partial charge in [-0.05, 0) is 24.2 Å². The van der Waals surface area contributed by atoms with Gasteiger partial charge in [0.15, 0.2) is 0 Å². The largest absolute Gasteiger partial charge is 0.304 e. The predicted octanol–water partition coefficient (Wildman–Crippen LogP) is 8.14. The van der Waals surface area contributed by atoms with Gasteiger partial charge in [0.2, 0.25) is 0 Å². The van der Waals surface area contributed by atoms with Crippen LogP contribution in [0.1, 0.15) is 19.4 Å². The van der Waals surface area contributed by atoms with Crippen molar-refractivity contribution in [3.05, 3.63) is 108 Å². The van der Waals surface area contributed by atoms with Gasteiger partial charge in [0.1, 0.15) is 4.83 Å². The van der Waals surface area contributed by atoms with Gasteiger partial charge in [0.05, 0.1) is 4.70 Å². The summed E-state index contributed by atoms with van der Waals surface area (Å²) in [7, 11) is 0. The Bertz CT molecular complexity index is 1620. The summed E-state index contributed by atoms with van der Waals surface area (Å²) in [6, 6.07) is 30.2. The molecule has 3 aromatic carbocycles. The average molecular weight is 647 g/mol. The van der Waals surface area contributed by atoms with Crippen molar-refractivity contribution in [1.29, 1.82) is 0 Å². The van der Waals surface area contributed by atoms with E-state index >= 15 is 0 Å². The van der Waals surface area contributed by atoms with E-state index in [4.69, 9.17) is 13.2 Å². The van der Waals surface area contributed by atoms with E-state index in [-0.39, 0.29) is 31.2 Å². The number of pyridine rings is 1. The molecule has 0 saturated heterocycles. The summed E-state index contributed by atoms with van der Waals surface area (Å²) in [4.78, 5) is 9.93. The Hall–Kier alpha value is -2.69. The molecule has 0 atom stereocenters. The Morgan fingerprint density at radius 2 is 1.67 bits per heavy atom. The van der Waals surface area contributed by atoms with Crippen molar-refractivity contribution in [3.8, 4) is 21.8 Å². The first kappa shape index (κ1) is 16.8. The fraction of sp³-hybridized carbons (Fsp3) is 0.0714. The molecule has 2 nitrogen and oxygen atoms in total. The molecule has 0 aliphatic rings. The zero-order valence-electron chi connectivity index (χ0n) is 23.1. The Balaban J connectivity index is 0.000000177. The Kier molecular flexibility index (Phi) is 5.36. The normalized spacial score (nSPS) is 13.9. The van der Waals surface area contributed by atoms with Crippen LogP contribution in [0.25, 0.3) is 41.4 Å². The minimum atomic E-state index is -2.18. The van der Waals surface area contributed by atoms with E-state index in [1.165, 1.54) is 39.2 Å². The van der Waals surface area contributed by atoms with E-state index in [1.807, 2.05) is 18.2 Å². The van der Waals surface area contributed by atoms with Crippen molar-refractivity contribution >= 4 is 42.3 Å². The summed E-state index contributed by atoms with van der Waals surface area (Å²) in [5, 5.41) is 2.37. The number of nitrogens with zero attached hydrogens (tertiary/aromatic N) is 2. The topological polar surface area (TPSA) is 25.8 Å². The Morgan fingerprint density at radius 3 is 2.39 bits per heavy atom. The zero-order chi connectivity index (χ0) is 26.9. The van der Waals surface area contributed by atoms with Crippen molar-refractivity contribution in [2.24, 2.45) is 0 Å². The standard InChI is InChI=1S/C15H8NS2.C13H12N.Ir/c1-2-6-10(7-3-1)14-16-15-13(18-14)11-8-4-5-9-12(11)17-15;1-10-3-6-12(7-4-10)13-8-5-11(2)9-14-13;/h1-6,8-9H;3-6,8-9H,1-2H3;/q2*-1;/i;1D3,2D3;. The molecule has 0 aliphatic heterocycles. The van der Waals surface area contributed by atoms with Crippen LogP contribution in [0.2, 0.25) is 0 Å². The van der Waals surface area contributed by atoms with Gasteiger partial charge in [-0.15, -0.1) is 82.6 Å². The van der Waals surface area contributed by atoms with E-state index in [0.29, 0.717) is 11.3 Å². The zero-order valence-corrected chi connectivity index (χ0v) is 21.2. The number of fused-ring (bicyclic) bond motifs is 3. The van der Waals surface area contributed by atoms with Gasteiger partial charge in [0, 0.05) is 49.6 Å². The number of thiazole rings is 1. The maximum atomic E-state index is 7.28. The summed E-state index contributed by atoms with van der Waals surface area (Å²) in [5.41, 5.74) is 2.63. The summed E-state index contributed by atoms with van der Waals surface area (Å²) >= 11 is 3.52. The van der Waals surface area contributed by atoms with Crippen LogP contribution in [0.4, 0.5) is 0 Å². The number of thiophene rings is 1. The van der Waals surface area contributed by atoms with Gasteiger partial charge in [-0.3, -0.25) is 4.98 Å². The third-order valence-electron chi connectivity index (χ3n) is 4.73. The van der Waals surface area contributed by atoms with Gasteiger partial charge < -0.3 is 4.98 Å². The molecule has 0 aliphatic carbocycles. The molecule has 0 unspecified atom stereocenters. The molecule has 3 aromatic heterocycles. The maximum absolute atomic E-state index is 7.28. The van der Waals surface area contributed by atoms with Crippen LogP contribution in [0.5, 0.6) is 0 Å². The molecule has 0 amide bonds. The van der Waals surface area contributed by atoms with Crippen molar-refractivity contribution < 1.29 is 28.3 Å². The molecule has 0 saturated carbocycles. The van der Waals surface area contributed by atoms with Crippen LogP contribution >= 0.6 is 22.7 Å². The predicted molar refractivity (Wildman–Crippen MR) is 137 cm³/mol. The maximum Gasteiger partial charge on any atom is 0.124 e. The summed E-state index contributed by atoms with van der Waals surface area (Å²) < 4.78 is 46.3. The summed E-state index contributed by atoms with van der Waals surface area (Å²) in [5.74, 6) is 0. The number of aromatic nitrogens is 2. The molecule has 6 aromatic rings. The van der Waals surface area contributed by atoms with E-state index in [1.54, 1.807) is 34.8 Å². The van der Waals surface area contributed by atoms with Crippen LogP contribution < -0.4 is 0 Å². The van der Waals surface area contributed by atoms with Crippen LogP contribution in [0.15, 0.2) is 85.1 Å². The summed E-state index contributed by atoms with van der Waals surface area (Å²) in [6.45, 7) is -4.34. The first-order valence-electron chi connectivity index (χ1n) is 12.8. The molecular formula is C28H20IrN2S2-2. The third-order valence-corrected chi connectivity index (χ3v) is 7.04. The van der Waals surface area contributed by atoms with E-state index in [2.05, 4.69) is 47.4 Å². The molecule has 165 valence electrons. The first-order valence-corrected chi connectivity index (χ1v) is 11.5. The monoisotopic (exact) mass is 647 g/mol. The van der Waals surface area contributed by atoms with Crippen molar-refractivity contribution in [3.63, 3.8) is 0 Å². The number of rotatable bonds is 2. The van der Waals surface area contributed by atoms with Crippen molar-refractivity contribution in [2.45, 2.75) is 13.7 Å². The third kappa shape index (κ3) is 5.29. The van der Waals surface area contributed by atoms with Crippen LogP contribution in [-0.4, -0.2) is 9.97 Å². The van der Waals surface area contributed by atoms with Gasteiger partial charge in [-0.25, -0.2) is 0 Å². The van der Waals surface area contributed by atoms with E-state index in [0.717, 1.165) is 15.4 Å². The molecule has 0 fully saturated rings. The molecule has 0 bridgehead atoms. The molecule has 1 radical (unpaired) electrons. The molecule has 0 spiro atoms. The molecule has 33 heavy (non-hydrogen) atoms. The average Bonchev–Trinajstić information content (AvgIpc) is 3.47. The number of aryl methyl sites for hydroxylation is 2. The summed E-state index contributed by atoms with van der Waals surface area (Å²) in [6.07, 6.45) is 1.30. The fourth-order valence-electron chi connectivity index (χ4n) is 3.17. The van der Waals surface area contributed by atoms with E-state index < -0.39 is 13.7 Å². The van der Waals surface area contributed by atoms with Crippen molar-refractivity contribution in [1.82, 2.24) is 9.97 Å². The van der Waals surface area contributed by atoms with Gasteiger partial charge >= 0.3 is 0 Å². The Morgan fingerprint density at radius 1 is 0.818 bits per heavy atom. The van der Waals surface area contributed by atoms with Gasteiger partial charge in [-0.2, -0.15) is 11.3 Å². The smallest absolute Gasteiger partial charge is 0.124 e. The fourth-order valence-corrected chi connectivity index (χ4v) is 5.51. The molecule has 5 heteroatoms. The van der Waals surface area contributed by atoms with Crippen LogP contribution in [-0.2, 0) is 20.1 Å². The van der Waals surface area contributed by atoms with Gasteiger partial charge in [0.25, 0.3) is 0 Å². The quantitative estimate of drug-likeness (QED) is 0.178. The van der Waals surface area contributed by atoms with Crippen LogP contribution in [0, 0.1) is 25.8 Å². The minimum absolute atomic E-state index is 0. The number of benzene rings is 3. The Labute approximate surface area is 223 Å². The molecular weight excluding hydrogens is 621 g/mol. The van der Waals surface area contributed by atoms with E-state index in [9.17, 15) is 0 Å². The molecule has 6 rings (SSSR count). The minimum Gasteiger partial charge on any atom is -0.304 e. The second-order valence-electron chi connectivity index (χ2n) is 6.95. The number of hydrogen-bond acceptors (Lipinski definition) is 4. The molecule has 0 N–H and O–H groups in total. The van der Waals surface area contributed by atoms with Gasteiger partial charge in [-0.1, -0.05) is 37.2 Å². The second kappa shape index (κ2) is 10.5. The second-order valence-corrected chi connectivity index (χ2v) is 8.98. The number of hydrogen-bond donors (Lipinski definition) is 0. The molecule has 3 heterocycles. The first-order chi connectivity index (χ1) is 18.1. The van der Waals surface area contributed by atoms with Crippen LogP contribution in [0.3, 0.4) is 0 Å². The SMILES string of the molecule is [2H]C([2H])([2H])c1c[c-]c(-c2ccc(C([2H])([2H])[2H])cn2)cc1.[Ir].[c-]1ccccc1-c1nc2sc3ccccc3c2s1.